The third-order valence-electron chi connectivity index (χ3n) is 2.99. The van der Waals surface area contributed by atoms with Gasteiger partial charge >= 0.3 is 6.18 Å². The normalized spacial score (nSPS) is 11.5. The van der Waals surface area contributed by atoms with Gasteiger partial charge in [0.25, 0.3) is 5.56 Å². The van der Waals surface area contributed by atoms with Crippen LogP contribution in [0.15, 0.2) is 35.3 Å². The lowest BCUT2D eigenvalue weighted by Crippen LogP contribution is -2.24. The molecule has 118 valence electrons. The summed E-state index contributed by atoms with van der Waals surface area (Å²) in [6, 6.07) is 5.34. The van der Waals surface area contributed by atoms with Crippen LogP contribution in [0.3, 0.4) is 0 Å². The number of alkyl halides is 3. The predicted octanol–water partition coefficient (Wildman–Crippen LogP) is 4.23. The second kappa shape index (κ2) is 6.22. The minimum Gasteiger partial charge on any atom is -0.491 e. The highest BCUT2D eigenvalue weighted by molar-refractivity contribution is 6.35. The molecule has 1 heterocycles. The van der Waals surface area contributed by atoms with Gasteiger partial charge in [-0.2, -0.15) is 13.2 Å². The van der Waals surface area contributed by atoms with Gasteiger partial charge in [0, 0.05) is 21.8 Å². The molecule has 0 atom stereocenters. The molecule has 0 saturated carbocycles. The van der Waals surface area contributed by atoms with Crippen LogP contribution in [0.5, 0.6) is 5.75 Å². The van der Waals surface area contributed by atoms with Crippen molar-refractivity contribution in [1.29, 1.82) is 0 Å². The van der Waals surface area contributed by atoms with E-state index in [1.165, 1.54) is 0 Å². The molecule has 0 bridgehead atoms. The third-order valence-corrected chi connectivity index (χ3v) is 3.70. The quantitative estimate of drug-likeness (QED) is 0.828. The first kappa shape index (κ1) is 16.7. The Kier molecular flexibility index (Phi) is 4.72. The first-order valence-electron chi connectivity index (χ1n) is 6.02. The van der Waals surface area contributed by atoms with Gasteiger partial charge < -0.3 is 9.30 Å². The van der Waals surface area contributed by atoms with E-state index in [0.717, 1.165) is 11.7 Å². The summed E-state index contributed by atoms with van der Waals surface area (Å²) in [5, 5.41) is 0.520. The second-order valence-electron chi connectivity index (χ2n) is 4.43. The highest BCUT2D eigenvalue weighted by Crippen LogP contribution is 2.31. The number of hydrogen-bond acceptors (Lipinski definition) is 2. The molecule has 0 amide bonds. The van der Waals surface area contributed by atoms with Gasteiger partial charge in [0.05, 0.1) is 19.2 Å². The molecule has 2 aromatic rings. The van der Waals surface area contributed by atoms with Crippen molar-refractivity contribution in [2.24, 2.45) is 0 Å². The van der Waals surface area contributed by atoms with Crippen LogP contribution in [-0.4, -0.2) is 11.7 Å². The molecule has 0 fully saturated rings. The van der Waals surface area contributed by atoms with Crippen molar-refractivity contribution >= 4 is 23.2 Å². The molecule has 2 rings (SSSR count). The van der Waals surface area contributed by atoms with E-state index in [1.807, 2.05) is 0 Å². The van der Waals surface area contributed by atoms with Gasteiger partial charge in [0.2, 0.25) is 0 Å². The van der Waals surface area contributed by atoms with Crippen LogP contribution in [0.1, 0.15) is 11.1 Å². The van der Waals surface area contributed by atoms with Crippen LogP contribution in [0.4, 0.5) is 13.2 Å². The van der Waals surface area contributed by atoms with E-state index in [1.54, 1.807) is 18.2 Å². The van der Waals surface area contributed by atoms with Crippen molar-refractivity contribution in [1.82, 2.24) is 4.57 Å². The van der Waals surface area contributed by atoms with Crippen LogP contribution in [0.2, 0.25) is 10.0 Å². The first-order valence-corrected chi connectivity index (χ1v) is 6.78. The summed E-state index contributed by atoms with van der Waals surface area (Å²) in [6.07, 6.45) is -3.89. The van der Waals surface area contributed by atoms with Crippen molar-refractivity contribution < 1.29 is 17.9 Å². The number of ether oxygens (including phenoxy) is 1. The maximum Gasteiger partial charge on any atom is 0.417 e. The third kappa shape index (κ3) is 3.39. The van der Waals surface area contributed by atoms with Crippen molar-refractivity contribution in [2.45, 2.75) is 12.7 Å². The number of nitrogens with zero attached hydrogens (tertiary/aromatic N) is 1. The fourth-order valence-electron chi connectivity index (χ4n) is 1.88. The van der Waals surface area contributed by atoms with Crippen LogP contribution < -0.4 is 10.3 Å². The van der Waals surface area contributed by atoms with Crippen molar-refractivity contribution in [3.8, 4) is 5.75 Å². The fraction of sp³-hybridized carbons (Fsp3) is 0.214. The Hall–Kier alpha value is -1.66. The number of hydrogen-bond donors (Lipinski definition) is 0. The lowest BCUT2D eigenvalue weighted by molar-refractivity contribution is -0.138. The molecular weight excluding hydrogens is 342 g/mol. The van der Waals surface area contributed by atoms with Crippen molar-refractivity contribution in [3.63, 3.8) is 0 Å². The summed E-state index contributed by atoms with van der Waals surface area (Å²) >= 11 is 12.0. The Morgan fingerprint density at radius 2 is 1.82 bits per heavy atom. The maximum atomic E-state index is 12.9. The molecule has 0 aliphatic carbocycles. The summed E-state index contributed by atoms with van der Waals surface area (Å²) in [4.78, 5) is 12.1. The minimum absolute atomic E-state index is 0.197. The number of halogens is 5. The van der Waals surface area contributed by atoms with E-state index in [9.17, 15) is 18.0 Å². The average Bonchev–Trinajstić information content (AvgIpc) is 2.43. The number of aromatic nitrogens is 1. The molecule has 0 saturated heterocycles. The molecule has 0 radical (unpaired) electrons. The lowest BCUT2D eigenvalue weighted by atomic mass is 10.2. The molecule has 1 aromatic carbocycles. The molecule has 0 N–H and O–H groups in total. The molecule has 0 unspecified atom stereocenters. The van der Waals surface area contributed by atoms with Gasteiger partial charge in [-0.25, -0.2) is 0 Å². The molecule has 0 spiro atoms. The van der Waals surface area contributed by atoms with Crippen LogP contribution in [0.25, 0.3) is 0 Å². The topological polar surface area (TPSA) is 31.2 Å². The summed E-state index contributed by atoms with van der Waals surface area (Å²) in [7, 11) is 1.13. The molecule has 22 heavy (non-hydrogen) atoms. The van der Waals surface area contributed by atoms with E-state index in [0.29, 0.717) is 17.8 Å². The van der Waals surface area contributed by atoms with E-state index in [-0.39, 0.29) is 16.6 Å². The smallest absolute Gasteiger partial charge is 0.417 e. The Morgan fingerprint density at radius 1 is 1.23 bits per heavy atom. The monoisotopic (exact) mass is 351 g/mol. The van der Waals surface area contributed by atoms with Gasteiger partial charge in [0.1, 0.15) is 0 Å². The molecule has 3 nitrogen and oxygen atoms in total. The van der Waals surface area contributed by atoms with E-state index < -0.39 is 23.0 Å². The average molecular weight is 352 g/mol. The lowest BCUT2D eigenvalue weighted by Gasteiger charge is -2.14. The maximum absolute atomic E-state index is 12.9. The first-order chi connectivity index (χ1) is 10.2. The number of benzene rings is 1. The summed E-state index contributed by atoms with van der Waals surface area (Å²) in [6.45, 7) is -0.197. The predicted molar refractivity (Wildman–Crippen MR) is 77.8 cm³/mol. The zero-order valence-corrected chi connectivity index (χ0v) is 12.8. The SMILES string of the molecule is COc1cc(C(F)(F)F)cn(Cc2c(Cl)cccc2Cl)c1=O. The fourth-order valence-corrected chi connectivity index (χ4v) is 2.40. The van der Waals surface area contributed by atoms with Crippen LogP contribution >= 0.6 is 23.2 Å². The Bertz CT molecular complexity index is 736. The van der Waals surface area contributed by atoms with E-state index >= 15 is 0 Å². The summed E-state index contributed by atoms with van der Waals surface area (Å²) < 4.78 is 44.3. The van der Waals surface area contributed by atoms with Crippen molar-refractivity contribution in [3.05, 3.63) is 62.0 Å². The van der Waals surface area contributed by atoms with E-state index in [4.69, 9.17) is 27.9 Å². The number of rotatable bonds is 3. The summed E-state index contributed by atoms with van der Waals surface area (Å²) in [5.74, 6) is -0.405. The highest BCUT2D eigenvalue weighted by atomic mass is 35.5. The Labute approximate surface area is 133 Å². The molecule has 0 aliphatic heterocycles. The van der Waals surface area contributed by atoms with Gasteiger partial charge in [-0.1, -0.05) is 29.3 Å². The number of pyridine rings is 1. The van der Waals surface area contributed by atoms with Crippen LogP contribution in [-0.2, 0) is 12.7 Å². The minimum atomic E-state index is -4.60. The largest absolute Gasteiger partial charge is 0.491 e. The molecule has 8 heteroatoms. The van der Waals surface area contributed by atoms with Gasteiger partial charge in [-0.3, -0.25) is 4.79 Å². The molecular formula is C14H10Cl2F3NO2. The Morgan fingerprint density at radius 3 is 2.32 bits per heavy atom. The molecule has 0 aliphatic rings. The zero-order chi connectivity index (χ0) is 16.5. The summed E-state index contributed by atoms with van der Waals surface area (Å²) in [5.41, 5.74) is -1.34. The van der Waals surface area contributed by atoms with Crippen LogP contribution in [0, 0.1) is 0 Å². The van der Waals surface area contributed by atoms with E-state index in [2.05, 4.69) is 0 Å². The zero-order valence-electron chi connectivity index (χ0n) is 11.2. The van der Waals surface area contributed by atoms with Gasteiger partial charge in [-0.15, -0.1) is 0 Å². The second-order valence-corrected chi connectivity index (χ2v) is 5.24. The number of methoxy groups -OCH3 is 1. The highest BCUT2D eigenvalue weighted by Gasteiger charge is 2.32. The van der Waals surface area contributed by atoms with Gasteiger partial charge in [0.15, 0.2) is 5.75 Å². The van der Waals surface area contributed by atoms with Gasteiger partial charge in [-0.05, 0) is 18.2 Å². The van der Waals surface area contributed by atoms with Crippen molar-refractivity contribution in [2.75, 3.05) is 7.11 Å². The Balaban J connectivity index is 2.58. The standard InChI is InChI=1S/C14H10Cl2F3NO2/c1-22-12-5-8(14(17,18)19)6-20(13(12)21)7-9-10(15)3-2-4-11(9)16/h2-6H,7H2,1H3. The molecule has 1 aromatic heterocycles.